The van der Waals surface area contributed by atoms with Crippen LogP contribution in [0.5, 0.6) is 0 Å². The van der Waals surface area contributed by atoms with Gasteiger partial charge >= 0.3 is 0 Å². The molecule has 0 saturated carbocycles. The van der Waals surface area contributed by atoms with Gasteiger partial charge in [0.15, 0.2) is 0 Å². The maximum atomic E-state index is 12.2. The highest BCUT2D eigenvalue weighted by Gasteiger charge is 2.09. The van der Waals surface area contributed by atoms with E-state index in [0.29, 0.717) is 22.0 Å². The zero-order chi connectivity index (χ0) is 15.2. The molecule has 0 bridgehead atoms. The van der Waals surface area contributed by atoms with E-state index in [4.69, 9.17) is 11.6 Å². The lowest BCUT2D eigenvalue weighted by Crippen LogP contribution is -2.20. The number of nitrogens with zero attached hydrogens (tertiary/aromatic N) is 1. The number of carbonyl (C=O) groups is 2. The Hall–Kier alpha value is -2.40. The van der Waals surface area contributed by atoms with Crippen LogP contribution in [-0.4, -0.2) is 16.8 Å². The third-order valence-corrected chi connectivity index (χ3v) is 3.05. The van der Waals surface area contributed by atoms with Crippen molar-refractivity contribution < 1.29 is 9.59 Å². The number of nitrogens with one attached hydrogen (secondary N) is 2. The van der Waals surface area contributed by atoms with Gasteiger partial charge in [-0.2, -0.15) is 0 Å². The summed E-state index contributed by atoms with van der Waals surface area (Å²) < 4.78 is 0. The summed E-state index contributed by atoms with van der Waals surface area (Å²) in [6.45, 7) is 1.70. The highest BCUT2D eigenvalue weighted by molar-refractivity contribution is 6.33. The second-order valence-corrected chi connectivity index (χ2v) is 4.79. The minimum atomic E-state index is -0.283. The van der Waals surface area contributed by atoms with E-state index in [0.717, 1.165) is 0 Å². The second kappa shape index (κ2) is 6.85. The fourth-order valence-electron chi connectivity index (χ4n) is 1.69. The van der Waals surface area contributed by atoms with Crippen molar-refractivity contribution >= 4 is 29.1 Å². The number of aromatic nitrogens is 1. The molecule has 2 amide bonds. The molecule has 1 aromatic heterocycles. The number of benzene rings is 1. The molecule has 5 nitrogen and oxygen atoms in total. The van der Waals surface area contributed by atoms with Gasteiger partial charge in [0.1, 0.15) is 0 Å². The number of pyridine rings is 1. The molecule has 6 heteroatoms. The van der Waals surface area contributed by atoms with E-state index < -0.39 is 0 Å². The molecule has 0 saturated heterocycles. The van der Waals surface area contributed by atoms with Gasteiger partial charge in [-0.1, -0.05) is 23.7 Å². The summed E-state index contributed by atoms with van der Waals surface area (Å²) in [4.78, 5) is 27.2. The van der Waals surface area contributed by atoms with Crippen LogP contribution < -0.4 is 10.6 Å². The van der Waals surface area contributed by atoms with E-state index in [1.165, 1.54) is 13.1 Å². The van der Waals surface area contributed by atoms with Crippen molar-refractivity contribution in [3.63, 3.8) is 0 Å². The average molecular weight is 304 g/mol. The van der Waals surface area contributed by atoms with Crippen LogP contribution in [0, 0.1) is 0 Å². The van der Waals surface area contributed by atoms with Gasteiger partial charge in [-0.15, -0.1) is 0 Å². The smallest absolute Gasteiger partial charge is 0.255 e. The van der Waals surface area contributed by atoms with E-state index in [2.05, 4.69) is 15.6 Å². The van der Waals surface area contributed by atoms with Crippen molar-refractivity contribution in [1.29, 1.82) is 0 Å². The molecule has 2 aromatic rings. The van der Waals surface area contributed by atoms with Crippen LogP contribution in [0.3, 0.4) is 0 Å². The zero-order valence-electron chi connectivity index (χ0n) is 11.4. The Kier molecular flexibility index (Phi) is 4.90. The maximum Gasteiger partial charge on any atom is 0.255 e. The Labute approximate surface area is 127 Å². The molecule has 108 valence electrons. The predicted octanol–water partition coefficient (Wildman–Crippen LogP) is 2.62. The highest BCUT2D eigenvalue weighted by Crippen LogP contribution is 2.21. The first kappa shape index (κ1) is 15.0. The molecule has 0 aliphatic heterocycles. The quantitative estimate of drug-likeness (QED) is 0.912. The second-order valence-electron chi connectivity index (χ2n) is 4.38. The molecule has 0 aliphatic carbocycles. The maximum absolute atomic E-state index is 12.2. The predicted molar refractivity (Wildman–Crippen MR) is 81.2 cm³/mol. The minimum absolute atomic E-state index is 0.150. The number of carbonyl (C=O) groups excluding carboxylic acids is 2. The Balaban J connectivity index is 2.11. The monoisotopic (exact) mass is 303 g/mol. The summed E-state index contributed by atoms with van der Waals surface area (Å²) in [6, 6.07) is 10.2. The van der Waals surface area contributed by atoms with Crippen LogP contribution in [0.25, 0.3) is 0 Å². The Bertz CT molecular complexity index is 673. The van der Waals surface area contributed by atoms with Crippen LogP contribution in [0.1, 0.15) is 23.0 Å². The zero-order valence-corrected chi connectivity index (χ0v) is 12.1. The van der Waals surface area contributed by atoms with Crippen molar-refractivity contribution in [1.82, 2.24) is 10.3 Å². The molecule has 0 fully saturated rings. The largest absolute Gasteiger partial charge is 0.351 e. The number of hydrogen-bond acceptors (Lipinski definition) is 3. The van der Waals surface area contributed by atoms with Crippen molar-refractivity contribution in [3.8, 4) is 0 Å². The first-order chi connectivity index (χ1) is 10.1. The molecule has 0 radical (unpaired) electrons. The van der Waals surface area contributed by atoms with Gasteiger partial charge < -0.3 is 10.6 Å². The average Bonchev–Trinajstić information content (AvgIpc) is 2.48. The summed E-state index contributed by atoms with van der Waals surface area (Å²) >= 11 is 6.00. The van der Waals surface area contributed by atoms with Crippen LogP contribution in [-0.2, 0) is 11.3 Å². The van der Waals surface area contributed by atoms with Crippen LogP contribution in [0.15, 0.2) is 42.6 Å². The molecule has 0 spiro atoms. The van der Waals surface area contributed by atoms with Gasteiger partial charge in [0.25, 0.3) is 5.91 Å². The lowest BCUT2D eigenvalue weighted by Gasteiger charge is -2.08. The molecular formula is C15H14ClN3O2. The van der Waals surface area contributed by atoms with E-state index in [1.54, 1.807) is 36.4 Å². The molecule has 1 aromatic carbocycles. The fraction of sp³-hybridized carbons (Fsp3) is 0.133. The van der Waals surface area contributed by atoms with Gasteiger partial charge in [-0.25, -0.2) is 0 Å². The minimum Gasteiger partial charge on any atom is -0.351 e. The van der Waals surface area contributed by atoms with Crippen LogP contribution in [0.2, 0.25) is 5.02 Å². The van der Waals surface area contributed by atoms with E-state index in [1.807, 2.05) is 0 Å². The Morgan fingerprint density at radius 1 is 1.24 bits per heavy atom. The molecule has 0 unspecified atom stereocenters. The summed E-state index contributed by atoms with van der Waals surface area (Å²) in [5.41, 5.74) is 1.60. The Morgan fingerprint density at radius 2 is 2.00 bits per heavy atom. The third-order valence-electron chi connectivity index (χ3n) is 2.72. The van der Waals surface area contributed by atoms with E-state index >= 15 is 0 Å². The number of rotatable bonds is 4. The van der Waals surface area contributed by atoms with Crippen LogP contribution >= 0.6 is 11.6 Å². The number of anilines is 1. The first-order valence-corrected chi connectivity index (χ1v) is 6.69. The molecule has 2 N–H and O–H groups in total. The normalized spacial score (nSPS) is 10.0. The summed E-state index contributed by atoms with van der Waals surface area (Å²) in [6.07, 6.45) is 1.53. The van der Waals surface area contributed by atoms with Crippen molar-refractivity contribution in [2.24, 2.45) is 0 Å². The molecule has 0 atom stereocenters. The van der Waals surface area contributed by atoms with Gasteiger partial charge in [-0.3, -0.25) is 14.6 Å². The lowest BCUT2D eigenvalue weighted by molar-refractivity contribution is -0.119. The van der Waals surface area contributed by atoms with Gasteiger partial charge in [0.05, 0.1) is 22.9 Å². The molecule has 21 heavy (non-hydrogen) atoms. The van der Waals surface area contributed by atoms with Crippen LogP contribution in [0.4, 0.5) is 5.69 Å². The molecular weight excluding hydrogens is 290 g/mol. The molecule has 2 rings (SSSR count). The van der Waals surface area contributed by atoms with E-state index in [-0.39, 0.29) is 18.4 Å². The molecule has 0 aliphatic rings. The van der Waals surface area contributed by atoms with Gasteiger partial charge in [-0.05, 0) is 24.3 Å². The highest BCUT2D eigenvalue weighted by atomic mass is 35.5. The topological polar surface area (TPSA) is 71.1 Å². The SMILES string of the molecule is CC(=O)NCc1cc(C(=O)Nc2ccccc2Cl)ccn1. The summed E-state index contributed by atoms with van der Waals surface area (Å²) in [5.74, 6) is -0.433. The lowest BCUT2D eigenvalue weighted by atomic mass is 10.2. The van der Waals surface area contributed by atoms with Crippen molar-refractivity contribution in [3.05, 3.63) is 58.9 Å². The number of amides is 2. The Morgan fingerprint density at radius 3 is 2.71 bits per heavy atom. The summed E-state index contributed by atoms with van der Waals surface area (Å²) in [5, 5.41) is 5.84. The third kappa shape index (κ3) is 4.29. The van der Waals surface area contributed by atoms with Crippen molar-refractivity contribution in [2.45, 2.75) is 13.5 Å². The molecule has 1 heterocycles. The van der Waals surface area contributed by atoms with Gasteiger partial charge in [0, 0.05) is 18.7 Å². The number of hydrogen-bond donors (Lipinski definition) is 2. The first-order valence-electron chi connectivity index (χ1n) is 6.31. The number of halogens is 1. The summed E-state index contributed by atoms with van der Waals surface area (Å²) in [7, 11) is 0. The number of para-hydroxylation sites is 1. The standard InChI is InChI=1S/C15H14ClN3O2/c1-10(20)18-9-12-8-11(6-7-17-12)15(21)19-14-5-3-2-4-13(14)16/h2-8H,9H2,1H3,(H,18,20)(H,19,21). The fourth-order valence-corrected chi connectivity index (χ4v) is 1.87. The van der Waals surface area contributed by atoms with Gasteiger partial charge in [0.2, 0.25) is 5.91 Å². The van der Waals surface area contributed by atoms with Crippen molar-refractivity contribution in [2.75, 3.05) is 5.32 Å². The van der Waals surface area contributed by atoms with E-state index in [9.17, 15) is 9.59 Å².